The lowest BCUT2D eigenvalue weighted by Crippen LogP contribution is -2.45. The Balaban J connectivity index is 2.04. The fourth-order valence-corrected chi connectivity index (χ4v) is 2.83. The second kappa shape index (κ2) is 6.40. The first-order valence-electron chi connectivity index (χ1n) is 7.31. The molecular formula is C16H26N2O. The molecule has 1 saturated heterocycles. The first-order chi connectivity index (χ1) is 9.11. The molecule has 106 valence electrons. The summed E-state index contributed by atoms with van der Waals surface area (Å²) in [7, 11) is 4.37. The van der Waals surface area contributed by atoms with E-state index in [9.17, 15) is 5.11 Å². The van der Waals surface area contributed by atoms with Crippen LogP contribution in [0.4, 0.5) is 5.69 Å². The van der Waals surface area contributed by atoms with E-state index in [0.29, 0.717) is 6.04 Å². The summed E-state index contributed by atoms with van der Waals surface area (Å²) >= 11 is 0. The van der Waals surface area contributed by atoms with Gasteiger partial charge in [-0.3, -0.25) is 0 Å². The van der Waals surface area contributed by atoms with Crippen molar-refractivity contribution in [1.82, 2.24) is 4.90 Å². The van der Waals surface area contributed by atoms with Crippen LogP contribution in [0.3, 0.4) is 0 Å². The Morgan fingerprint density at radius 3 is 2.63 bits per heavy atom. The summed E-state index contributed by atoms with van der Waals surface area (Å²) in [5.74, 6) is 0. The lowest BCUT2D eigenvalue weighted by Gasteiger charge is -2.37. The zero-order chi connectivity index (χ0) is 13.8. The lowest BCUT2D eigenvalue weighted by atomic mass is 10.0. The molecule has 1 aromatic rings. The Kier molecular flexibility index (Phi) is 4.83. The number of nitrogens with zero attached hydrogens (tertiary/aromatic N) is 2. The van der Waals surface area contributed by atoms with E-state index in [0.717, 1.165) is 18.5 Å². The van der Waals surface area contributed by atoms with E-state index < -0.39 is 0 Å². The van der Waals surface area contributed by atoms with Crippen LogP contribution < -0.4 is 4.90 Å². The molecule has 1 unspecified atom stereocenters. The van der Waals surface area contributed by atoms with Crippen molar-refractivity contribution in [3.05, 3.63) is 29.8 Å². The number of likely N-dealkylation sites (tertiary alicyclic amines) is 1. The lowest BCUT2D eigenvalue weighted by molar-refractivity contribution is 0.173. The zero-order valence-corrected chi connectivity index (χ0v) is 12.3. The van der Waals surface area contributed by atoms with Crippen LogP contribution in [0.25, 0.3) is 0 Å². The van der Waals surface area contributed by atoms with Gasteiger partial charge in [0.15, 0.2) is 0 Å². The largest absolute Gasteiger partial charge is 0.388 e. The highest BCUT2D eigenvalue weighted by atomic mass is 16.3. The third-order valence-electron chi connectivity index (χ3n) is 4.22. The average Bonchev–Trinajstić information content (AvgIpc) is 2.46. The minimum absolute atomic E-state index is 0.333. The standard InChI is InChI=1S/C16H26N2O/c1-4-16(19)13-7-9-14(10-8-13)18(3)15-6-5-11-17(2)12-15/h7-10,15-16,19H,4-6,11-12H2,1-3H3/t15?,16-/m0/s1. The fraction of sp³-hybridized carbons (Fsp3) is 0.625. The highest BCUT2D eigenvalue weighted by Crippen LogP contribution is 2.24. The van der Waals surface area contributed by atoms with Gasteiger partial charge >= 0.3 is 0 Å². The van der Waals surface area contributed by atoms with Crippen LogP contribution in [0.1, 0.15) is 37.9 Å². The van der Waals surface area contributed by atoms with Gasteiger partial charge in [-0.2, -0.15) is 0 Å². The zero-order valence-electron chi connectivity index (χ0n) is 12.3. The van der Waals surface area contributed by atoms with E-state index in [1.54, 1.807) is 0 Å². The maximum atomic E-state index is 9.82. The number of likely N-dealkylation sites (N-methyl/N-ethyl adjacent to an activating group) is 2. The summed E-state index contributed by atoms with van der Waals surface area (Å²) in [4.78, 5) is 4.78. The van der Waals surface area contributed by atoms with Crippen molar-refractivity contribution in [3.63, 3.8) is 0 Å². The quantitative estimate of drug-likeness (QED) is 0.903. The predicted octanol–water partition coefficient (Wildman–Crippen LogP) is 2.66. The summed E-state index contributed by atoms with van der Waals surface area (Å²) in [5.41, 5.74) is 2.26. The molecule has 1 fully saturated rings. The van der Waals surface area contributed by atoms with Crippen molar-refractivity contribution < 1.29 is 5.11 Å². The number of benzene rings is 1. The fourth-order valence-electron chi connectivity index (χ4n) is 2.83. The van der Waals surface area contributed by atoms with Crippen molar-refractivity contribution in [3.8, 4) is 0 Å². The van der Waals surface area contributed by atoms with Gasteiger partial charge in [0.1, 0.15) is 0 Å². The third kappa shape index (κ3) is 3.48. The van der Waals surface area contributed by atoms with E-state index in [1.165, 1.54) is 25.1 Å². The first kappa shape index (κ1) is 14.4. The minimum Gasteiger partial charge on any atom is -0.388 e. The molecule has 0 saturated carbocycles. The monoisotopic (exact) mass is 262 g/mol. The van der Waals surface area contributed by atoms with E-state index in [-0.39, 0.29) is 6.10 Å². The third-order valence-corrected chi connectivity index (χ3v) is 4.22. The van der Waals surface area contributed by atoms with Gasteiger partial charge in [0, 0.05) is 25.3 Å². The molecule has 1 N–H and O–H groups in total. The molecule has 0 aromatic heterocycles. The molecule has 3 heteroatoms. The molecule has 1 heterocycles. The number of hydrogen-bond acceptors (Lipinski definition) is 3. The van der Waals surface area contributed by atoms with Gasteiger partial charge in [-0.15, -0.1) is 0 Å². The minimum atomic E-state index is -0.333. The molecule has 0 aliphatic carbocycles. The van der Waals surface area contributed by atoms with Crippen LogP contribution in [0.5, 0.6) is 0 Å². The van der Waals surface area contributed by atoms with Crippen molar-refractivity contribution in [2.45, 2.75) is 38.3 Å². The van der Waals surface area contributed by atoms with Gasteiger partial charge in [0.2, 0.25) is 0 Å². The van der Waals surface area contributed by atoms with E-state index in [1.807, 2.05) is 19.1 Å². The normalized spacial score (nSPS) is 22.2. The summed E-state index contributed by atoms with van der Waals surface area (Å²) in [6.45, 7) is 4.35. The number of piperidine rings is 1. The maximum Gasteiger partial charge on any atom is 0.0787 e. The molecule has 0 radical (unpaired) electrons. The van der Waals surface area contributed by atoms with E-state index in [4.69, 9.17) is 0 Å². The van der Waals surface area contributed by atoms with Gasteiger partial charge in [0.25, 0.3) is 0 Å². The summed E-state index contributed by atoms with van der Waals surface area (Å²) in [6, 6.07) is 8.95. The van der Waals surface area contributed by atoms with Crippen LogP contribution in [0, 0.1) is 0 Å². The maximum absolute atomic E-state index is 9.82. The molecule has 1 aromatic carbocycles. The SMILES string of the molecule is CC[C@H](O)c1ccc(N(C)C2CCCN(C)C2)cc1. The van der Waals surface area contributed by atoms with Crippen LogP contribution in [0.2, 0.25) is 0 Å². The molecule has 2 rings (SSSR count). The van der Waals surface area contributed by atoms with E-state index in [2.05, 4.69) is 36.0 Å². The number of rotatable bonds is 4. The second-order valence-corrected chi connectivity index (χ2v) is 5.68. The topological polar surface area (TPSA) is 26.7 Å². The number of anilines is 1. The summed E-state index contributed by atoms with van der Waals surface area (Å²) in [6.07, 6.45) is 2.97. The molecule has 1 aliphatic heterocycles. The van der Waals surface area contributed by atoms with Crippen LogP contribution in [-0.2, 0) is 0 Å². The molecule has 19 heavy (non-hydrogen) atoms. The van der Waals surface area contributed by atoms with Crippen molar-refractivity contribution in [1.29, 1.82) is 0 Å². The first-order valence-corrected chi connectivity index (χ1v) is 7.31. The van der Waals surface area contributed by atoms with Crippen LogP contribution >= 0.6 is 0 Å². The molecule has 0 amide bonds. The molecule has 3 nitrogen and oxygen atoms in total. The molecule has 0 spiro atoms. The van der Waals surface area contributed by atoms with Gasteiger partial charge in [-0.1, -0.05) is 19.1 Å². The van der Waals surface area contributed by atoms with Crippen molar-refractivity contribution in [2.24, 2.45) is 0 Å². The van der Waals surface area contributed by atoms with Gasteiger partial charge in [0.05, 0.1) is 6.10 Å². The molecule has 2 atom stereocenters. The van der Waals surface area contributed by atoms with Gasteiger partial charge in [-0.05, 0) is 50.6 Å². The number of aliphatic hydroxyl groups is 1. The predicted molar refractivity (Wildman–Crippen MR) is 80.6 cm³/mol. The summed E-state index contributed by atoms with van der Waals surface area (Å²) in [5, 5.41) is 9.82. The Morgan fingerprint density at radius 2 is 2.05 bits per heavy atom. The Hall–Kier alpha value is -1.06. The van der Waals surface area contributed by atoms with Crippen molar-refractivity contribution in [2.75, 3.05) is 32.1 Å². The highest BCUT2D eigenvalue weighted by Gasteiger charge is 2.21. The Morgan fingerprint density at radius 1 is 1.37 bits per heavy atom. The van der Waals surface area contributed by atoms with Gasteiger partial charge < -0.3 is 14.9 Å². The number of aliphatic hydroxyl groups excluding tert-OH is 1. The second-order valence-electron chi connectivity index (χ2n) is 5.68. The molecular weight excluding hydrogens is 236 g/mol. The van der Waals surface area contributed by atoms with Crippen molar-refractivity contribution >= 4 is 5.69 Å². The Bertz CT molecular complexity index is 390. The van der Waals surface area contributed by atoms with Crippen LogP contribution in [-0.4, -0.2) is 43.2 Å². The molecule has 1 aliphatic rings. The van der Waals surface area contributed by atoms with Gasteiger partial charge in [-0.25, -0.2) is 0 Å². The highest BCUT2D eigenvalue weighted by molar-refractivity contribution is 5.48. The Labute approximate surface area is 116 Å². The van der Waals surface area contributed by atoms with E-state index >= 15 is 0 Å². The van der Waals surface area contributed by atoms with Crippen LogP contribution in [0.15, 0.2) is 24.3 Å². The smallest absolute Gasteiger partial charge is 0.0787 e. The number of hydrogen-bond donors (Lipinski definition) is 1. The molecule has 0 bridgehead atoms. The summed E-state index contributed by atoms with van der Waals surface area (Å²) < 4.78 is 0. The average molecular weight is 262 g/mol.